The van der Waals surface area contributed by atoms with Gasteiger partial charge in [0.15, 0.2) is 12.6 Å². The van der Waals surface area contributed by atoms with Gasteiger partial charge in [0, 0.05) is 24.2 Å². The highest BCUT2D eigenvalue weighted by molar-refractivity contribution is 5.01. The topological polar surface area (TPSA) is 373 Å². The Morgan fingerprint density at radius 2 is 0.844 bits per heavy atom. The molecular weight excluding hydrogens is 608 g/mol. The zero-order valence-corrected chi connectivity index (χ0v) is 24.6. The Morgan fingerprint density at radius 1 is 0.489 bits per heavy atom. The number of ether oxygens (including phenoxy) is 6. The van der Waals surface area contributed by atoms with Gasteiger partial charge in [-0.2, -0.15) is 0 Å². The predicted octanol–water partition coefficient (Wildman–Crippen LogP) is -9.14. The zero-order valence-electron chi connectivity index (χ0n) is 24.6. The highest BCUT2D eigenvalue weighted by Gasteiger charge is 2.51. The first-order valence-electron chi connectivity index (χ1n) is 14.9. The predicted molar refractivity (Wildman–Crippen MR) is 149 cm³/mol. The monoisotopic (exact) mass is 658 g/mol. The molecule has 0 spiro atoms. The van der Waals surface area contributed by atoms with Gasteiger partial charge in [-0.05, 0) is 12.8 Å². The largest absolute Gasteiger partial charge is 0.394 e. The number of hydrogen-bond donors (Lipinski definition) is 14. The number of rotatable bonds is 10. The minimum atomic E-state index is -1.49. The molecule has 4 rings (SSSR count). The van der Waals surface area contributed by atoms with Crippen LogP contribution >= 0.6 is 0 Å². The van der Waals surface area contributed by atoms with Crippen molar-refractivity contribution in [3.63, 3.8) is 0 Å². The molecule has 2 saturated heterocycles. The van der Waals surface area contributed by atoms with Crippen LogP contribution in [-0.4, -0.2) is 183 Å². The fraction of sp³-hybridized carbons (Fsp3) is 1.00. The molecule has 2 aliphatic heterocycles. The molecule has 0 unspecified atom stereocenters. The van der Waals surface area contributed by atoms with E-state index in [0.717, 1.165) is 0 Å². The van der Waals surface area contributed by atoms with Gasteiger partial charge in [0.25, 0.3) is 0 Å². The zero-order chi connectivity index (χ0) is 33.3. The van der Waals surface area contributed by atoms with Crippen molar-refractivity contribution in [1.82, 2.24) is 0 Å². The second-order valence-electron chi connectivity index (χ2n) is 12.3. The molecule has 20 N–H and O–H groups in total. The van der Waals surface area contributed by atoms with E-state index in [1.165, 1.54) is 0 Å². The fourth-order valence-electron chi connectivity index (χ4n) is 6.29. The van der Waals surface area contributed by atoms with Crippen molar-refractivity contribution in [3.8, 4) is 0 Å². The third kappa shape index (κ3) is 7.76. The quantitative estimate of drug-likeness (QED) is 0.0968. The third-order valence-corrected chi connectivity index (χ3v) is 9.09. The molecule has 45 heavy (non-hydrogen) atoms. The summed E-state index contributed by atoms with van der Waals surface area (Å²) in [6, 6.07) is -5.64. The Kier molecular flexibility index (Phi) is 12.8. The van der Waals surface area contributed by atoms with Gasteiger partial charge in [0.05, 0.1) is 37.5 Å². The highest BCUT2D eigenvalue weighted by atomic mass is 16.7. The summed E-state index contributed by atoms with van der Waals surface area (Å²) in [6.45, 7) is -1.98. The van der Waals surface area contributed by atoms with Crippen molar-refractivity contribution in [2.75, 3.05) is 20.0 Å². The normalized spacial score (nSPS) is 52.9. The van der Waals surface area contributed by atoms with E-state index in [9.17, 15) is 40.9 Å². The molecule has 0 aromatic rings. The van der Waals surface area contributed by atoms with Crippen molar-refractivity contribution in [2.24, 2.45) is 34.4 Å². The molecule has 0 radical (unpaired) electrons. The molecule has 4 aliphatic rings. The number of nitrogens with two attached hydrogens (primary N) is 6. The Labute approximate surface area is 259 Å². The summed E-state index contributed by atoms with van der Waals surface area (Å²) >= 11 is 0. The van der Waals surface area contributed by atoms with E-state index in [1.807, 2.05) is 0 Å². The molecule has 4 fully saturated rings. The summed E-state index contributed by atoms with van der Waals surface area (Å²) in [5.74, 6) is 0. The SMILES string of the molecule is N[C@H]1[C@@H](O[C@H]2[C@H](O)[C@@H](O)[C@H](N)C[C@@H]2N)O[C@H](CO)[C@@H](O)[C@@H]1OCO[C@@H]1[C@@H](N)[C@@H](O[C@H]2[C@H](O)[C@@H](O)[C@H](N)C[C@@H]2N)O[C@H](CO)[C@H]1O. The summed E-state index contributed by atoms with van der Waals surface area (Å²) in [6.07, 6.45) is -18.5. The van der Waals surface area contributed by atoms with Crippen LogP contribution in [0.1, 0.15) is 12.8 Å². The van der Waals surface area contributed by atoms with Gasteiger partial charge in [-0.15, -0.1) is 0 Å². The van der Waals surface area contributed by atoms with Crippen LogP contribution in [0.25, 0.3) is 0 Å². The first kappa shape index (κ1) is 37.0. The van der Waals surface area contributed by atoms with Crippen LogP contribution < -0.4 is 34.4 Å². The second kappa shape index (κ2) is 15.6. The molecule has 20 atom stereocenters. The maximum Gasteiger partial charge on any atom is 0.176 e. The van der Waals surface area contributed by atoms with E-state index in [4.69, 9.17) is 62.8 Å². The number of hydrogen-bond acceptors (Lipinski definition) is 20. The summed E-state index contributed by atoms with van der Waals surface area (Å²) in [5.41, 5.74) is 36.4. The Morgan fingerprint density at radius 3 is 1.18 bits per heavy atom. The Balaban J connectivity index is 1.41. The van der Waals surface area contributed by atoms with E-state index in [0.29, 0.717) is 0 Å². The summed E-state index contributed by atoms with van der Waals surface area (Å²) in [7, 11) is 0. The molecule has 2 heterocycles. The first-order valence-corrected chi connectivity index (χ1v) is 14.9. The van der Waals surface area contributed by atoms with Gasteiger partial charge in [-0.1, -0.05) is 0 Å². The van der Waals surface area contributed by atoms with E-state index >= 15 is 0 Å². The standard InChI is InChI=1S/C25H50N6O14/c26-6-1-8(28)20(18(38)14(6)34)44-24-12(30)22(16(36)10(3-32)42-24)40-5-41-23-13(31)25(43-11(4-33)17(23)37)45-21-9(29)2-7(27)15(35)19(21)39/h6-25,32-39H,1-5,26-31H2/t6-,7-,8+,9+,10-,11-,12-,13-,14+,15+,16-,17-,18-,19-,20-,21-,22-,23-,24-,25-/m1/s1. The molecule has 2 saturated carbocycles. The molecular formula is C25H50N6O14. The van der Waals surface area contributed by atoms with Crippen LogP contribution in [0.3, 0.4) is 0 Å². The Hall–Kier alpha value is -0.800. The van der Waals surface area contributed by atoms with Gasteiger partial charge in [-0.3, -0.25) is 0 Å². The molecule has 264 valence electrons. The maximum atomic E-state index is 10.8. The Bertz CT molecular complexity index is 865. The number of aliphatic hydroxyl groups is 8. The minimum Gasteiger partial charge on any atom is -0.394 e. The minimum absolute atomic E-state index is 0.123. The first-order chi connectivity index (χ1) is 21.2. The van der Waals surface area contributed by atoms with Crippen molar-refractivity contribution < 1.29 is 69.3 Å². The van der Waals surface area contributed by atoms with E-state index < -0.39 is 142 Å². The average Bonchev–Trinajstić information content (AvgIpc) is 3.00. The van der Waals surface area contributed by atoms with E-state index in [1.54, 1.807) is 0 Å². The second-order valence-corrected chi connectivity index (χ2v) is 12.3. The lowest BCUT2D eigenvalue weighted by Crippen LogP contribution is -2.68. The average molecular weight is 659 g/mol. The van der Waals surface area contributed by atoms with Crippen LogP contribution in [0.5, 0.6) is 0 Å². The van der Waals surface area contributed by atoms with Crippen molar-refractivity contribution in [1.29, 1.82) is 0 Å². The summed E-state index contributed by atoms with van der Waals surface area (Å²) < 4.78 is 34.3. The van der Waals surface area contributed by atoms with Gasteiger partial charge < -0.3 is 104 Å². The molecule has 0 amide bonds. The number of aliphatic hydroxyl groups excluding tert-OH is 8. The van der Waals surface area contributed by atoms with Gasteiger partial charge in [0.2, 0.25) is 0 Å². The fourth-order valence-corrected chi connectivity index (χ4v) is 6.29. The van der Waals surface area contributed by atoms with Crippen molar-refractivity contribution in [2.45, 2.75) is 135 Å². The molecule has 20 heteroatoms. The smallest absolute Gasteiger partial charge is 0.176 e. The third-order valence-electron chi connectivity index (χ3n) is 9.09. The molecule has 0 bridgehead atoms. The van der Waals surface area contributed by atoms with Crippen LogP contribution in [0.4, 0.5) is 0 Å². The van der Waals surface area contributed by atoms with Gasteiger partial charge in [-0.25, -0.2) is 0 Å². The lowest BCUT2D eigenvalue weighted by molar-refractivity contribution is -0.320. The summed E-state index contributed by atoms with van der Waals surface area (Å²) in [5, 5.41) is 82.6. The molecule has 0 aromatic carbocycles. The van der Waals surface area contributed by atoms with Crippen LogP contribution in [-0.2, 0) is 28.4 Å². The lowest BCUT2D eigenvalue weighted by atomic mass is 9.84. The maximum absolute atomic E-state index is 10.8. The van der Waals surface area contributed by atoms with E-state index in [-0.39, 0.29) is 12.8 Å². The lowest BCUT2D eigenvalue weighted by Gasteiger charge is -2.47. The molecule has 2 aliphatic carbocycles. The molecule has 0 aromatic heterocycles. The van der Waals surface area contributed by atoms with Crippen molar-refractivity contribution in [3.05, 3.63) is 0 Å². The highest BCUT2D eigenvalue weighted by Crippen LogP contribution is 2.31. The van der Waals surface area contributed by atoms with Gasteiger partial charge >= 0.3 is 0 Å². The van der Waals surface area contributed by atoms with Crippen LogP contribution in [0, 0.1) is 0 Å². The summed E-state index contributed by atoms with van der Waals surface area (Å²) in [4.78, 5) is 0. The molecule has 20 nitrogen and oxygen atoms in total. The van der Waals surface area contributed by atoms with Gasteiger partial charge in [0.1, 0.15) is 67.8 Å². The van der Waals surface area contributed by atoms with Crippen LogP contribution in [0.15, 0.2) is 0 Å². The van der Waals surface area contributed by atoms with Crippen LogP contribution in [0.2, 0.25) is 0 Å². The van der Waals surface area contributed by atoms with Crippen molar-refractivity contribution >= 4 is 0 Å². The van der Waals surface area contributed by atoms with E-state index in [2.05, 4.69) is 0 Å².